The second-order valence-electron chi connectivity index (χ2n) is 8.51. The van der Waals surface area contributed by atoms with Crippen LogP contribution in [0.5, 0.6) is 0 Å². The molecule has 1 aliphatic rings. The van der Waals surface area contributed by atoms with E-state index in [1.54, 1.807) is 12.1 Å². The van der Waals surface area contributed by atoms with E-state index in [-0.39, 0.29) is 17.5 Å². The third-order valence-electron chi connectivity index (χ3n) is 5.79. The topological polar surface area (TPSA) is 52.7 Å². The van der Waals surface area contributed by atoms with Crippen molar-refractivity contribution in [2.45, 2.75) is 20.8 Å². The maximum absolute atomic E-state index is 13.7. The minimum Gasteiger partial charge on any atom is -0.378 e. The lowest BCUT2D eigenvalue weighted by atomic mass is 9.97. The summed E-state index contributed by atoms with van der Waals surface area (Å²) < 4.78 is 0. The van der Waals surface area contributed by atoms with Crippen molar-refractivity contribution in [1.82, 2.24) is 0 Å². The average molecular weight is 460 g/mol. The van der Waals surface area contributed by atoms with Gasteiger partial charge >= 0.3 is 0 Å². The van der Waals surface area contributed by atoms with Gasteiger partial charge in [0.25, 0.3) is 11.8 Å². The molecule has 0 saturated heterocycles. The van der Waals surface area contributed by atoms with E-state index in [0.717, 1.165) is 33.6 Å². The highest BCUT2D eigenvalue weighted by atomic mass is 35.5. The van der Waals surface area contributed by atoms with Gasteiger partial charge in [0.1, 0.15) is 5.70 Å². The third-order valence-corrected chi connectivity index (χ3v) is 6.02. The lowest BCUT2D eigenvalue weighted by Crippen LogP contribution is -2.32. The van der Waals surface area contributed by atoms with Crippen molar-refractivity contribution in [3.8, 4) is 0 Å². The first kappa shape index (κ1) is 22.6. The fraction of sp³-hybridized carbons (Fsp3) is 0.185. The van der Waals surface area contributed by atoms with Crippen LogP contribution >= 0.6 is 11.6 Å². The van der Waals surface area contributed by atoms with Gasteiger partial charge in [-0.1, -0.05) is 41.4 Å². The van der Waals surface area contributed by atoms with E-state index in [1.807, 2.05) is 88.3 Å². The Morgan fingerprint density at radius 2 is 1.61 bits per heavy atom. The van der Waals surface area contributed by atoms with Gasteiger partial charge in [0.15, 0.2) is 0 Å². The van der Waals surface area contributed by atoms with Gasteiger partial charge < -0.3 is 10.2 Å². The van der Waals surface area contributed by atoms with E-state index in [9.17, 15) is 9.59 Å². The predicted molar refractivity (Wildman–Crippen MR) is 136 cm³/mol. The number of nitrogens with zero attached hydrogens (tertiary/aromatic N) is 2. The zero-order valence-electron chi connectivity index (χ0n) is 19.4. The first-order valence-electron chi connectivity index (χ1n) is 10.7. The summed E-state index contributed by atoms with van der Waals surface area (Å²) in [5, 5.41) is 3.85. The Morgan fingerprint density at radius 1 is 0.848 bits per heavy atom. The highest BCUT2D eigenvalue weighted by Crippen LogP contribution is 2.36. The normalized spacial score (nSPS) is 13.7. The summed E-state index contributed by atoms with van der Waals surface area (Å²) in [5.74, 6) is -0.739. The van der Waals surface area contributed by atoms with Crippen LogP contribution in [0.15, 0.2) is 66.4 Å². The van der Waals surface area contributed by atoms with Gasteiger partial charge in [-0.05, 0) is 73.9 Å². The van der Waals surface area contributed by atoms with E-state index in [1.165, 1.54) is 4.90 Å². The number of carbonyl (C=O) groups excluding carboxylic acids is 2. The summed E-state index contributed by atoms with van der Waals surface area (Å²) in [6.07, 6.45) is 0. The highest BCUT2D eigenvalue weighted by molar-refractivity contribution is 6.46. The van der Waals surface area contributed by atoms with Crippen LogP contribution in [0, 0.1) is 20.8 Å². The van der Waals surface area contributed by atoms with Gasteiger partial charge in [-0.2, -0.15) is 0 Å². The van der Waals surface area contributed by atoms with Crippen LogP contribution in [0.4, 0.5) is 17.1 Å². The molecular weight excluding hydrogens is 434 g/mol. The molecule has 6 heteroatoms. The average Bonchev–Trinajstić information content (AvgIpc) is 2.99. The minimum atomic E-state index is -0.389. The van der Waals surface area contributed by atoms with Gasteiger partial charge in [-0.3, -0.25) is 9.59 Å². The van der Waals surface area contributed by atoms with Crippen LogP contribution < -0.4 is 15.1 Å². The molecule has 0 fully saturated rings. The summed E-state index contributed by atoms with van der Waals surface area (Å²) in [6.45, 7) is 5.86. The first-order valence-corrected chi connectivity index (χ1v) is 11.1. The Morgan fingerprint density at radius 3 is 2.27 bits per heavy atom. The fourth-order valence-corrected chi connectivity index (χ4v) is 4.26. The van der Waals surface area contributed by atoms with Gasteiger partial charge in [0.2, 0.25) is 0 Å². The molecule has 2 amide bonds. The maximum Gasteiger partial charge on any atom is 0.282 e. The van der Waals surface area contributed by atoms with E-state index in [4.69, 9.17) is 11.6 Å². The van der Waals surface area contributed by atoms with Crippen LogP contribution in [0.25, 0.3) is 5.57 Å². The predicted octanol–water partition coefficient (Wildman–Crippen LogP) is 5.73. The number of imide groups is 1. The van der Waals surface area contributed by atoms with Crippen LogP contribution in [0.3, 0.4) is 0 Å². The number of carbonyl (C=O) groups is 2. The van der Waals surface area contributed by atoms with Crippen molar-refractivity contribution in [2.75, 3.05) is 29.2 Å². The molecule has 0 aliphatic carbocycles. The van der Waals surface area contributed by atoms with Crippen LogP contribution in [-0.2, 0) is 9.59 Å². The van der Waals surface area contributed by atoms with Crippen LogP contribution in [0.1, 0.15) is 22.3 Å². The van der Waals surface area contributed by atoms with Crippen molar-refractivity contribution in [2.24, 2.45) is 0 Å². The lowest BCUT2D eigenvalue weighted by Gasteiger charge is -2.19. The molecule has 4 rings (SSSR count). The quantitative estimate of drug-likeness (QED) is 0.495. The number of hydrogen-bond acceptors (Lipinski definition) is 4. The summed E-state index contributed by atoms with van der Waals surface area (Å²) in [7, 11) is 3.84. The first-order chi connectivity index (χ1) is 15.7. The fourth-order valence-electron chi connectivity index (χ4n) is 4.04. The van der Waals surface area contributed by atoms with Gasteiger partial charge in [0.05, 0.1) is 11.3 Å². The number of nitrogens with one attached hydrogen (secondary N) is 1. The molecular formula is C27H26ClN3O2. The molecule has 0 spiro atoms. The van der Waals surface area contributed by atoms with E-state index in [0.29, 0.717) is 16.3 Å². The number of rotatable bonds is 5. The van der Waals surface area contributed by atoms with Crippen LogP contribution in [0.2, 0.25) is 5.02 Å². The van der Waals surface area contributed by atoms with Gasteiger partial charge in [-0.15, -0.1) is 0 Å². The summed E-state index contributed by atoms with van der Waals surface area (Å²) in [6, 6.07) is 18.7. The number of benzene rings is 3. The van der Waals surface area contributed by atoms with Crippen molar-refractivity contribution in [3.05, 3.63) is 93.6 Å². The zero-order valence-corrected chi connectivity index (χ0v) is 20.1. The van der Waals surface area contributed by atoms with Gasteiger partial charge in [-0.25, -0.2) is 4.90 Å². The molecule has 5 nitrogen and oxygen atoms in total. The molecule has 3 aromatic rings. The maximum atomic E-state index is 13.7. The Bertz CT molecular complexity index is 1310. The molecule has 0 aromatic heterocycles. The molecule has 1 N–H and O–H groups in total. The molecule has 1 heterocycles. The van der Waals surface area contributed by atoms with E-state index < -0.39 is 0 Å². The summed E-state index contributed by atoms with van der Waals surface area (Å²) in [4.78, 5) is 30.6. The Kier molecular flexibility index (Phi) is 6.00. The zero-order chi connectivity index (χ0) is 23.9. The minimum absolute atomic E-state index is 0.257. The smallest absolute Gasteiger partial charge is 0.282 e. The Hall–Kier alpha value is -3.57. The molecule has 0 atom stereocenters. The molecule has 0 unspecified atom stereocenters. The van der Waals surface area contributed by atoms with Crippen molar-refractivity contribution < 1.29 is 9.59 Å². The SMILES string of the molecule is Cc1ccc(C2=C(Nc3ccc(Cl)cc3C)C(=O)N(c3cccc(N(C)C)c3)C2=O)c(C)c1. The third kappa shape index (κ3) is 4.24. The van der Waals surface area contributed by atoms with Crippen molar-refractivity contribution in [3.63, 3.8) is 0 Å². The summed E-state index contributed by atoms with van der Waals surface area (Å²) in [5.41, 5.74) is 6.41. The number of hydrogen-bond donors (Lipinski definition) is 1. The number of amides is 2. The largest absolute Gasteiger partial charge is 0.378 e. The van der Waals surface area contributed by atoms with Crippen molar-refractivity contribution in [1.29, 1.82) is 0 Å². The molecule has 3 aromatic carbocycles. The van der Waals surface area contributed by atoms with Crippen LogP contribution in [-0.4, -0.2) is 25.9 Å². The standard InChI is InChI=1S/C27H26ClN3O2/c1-16-9-11-22(17(2)13-16)24-25(29-23-12-10-19(28)14-18(23)3)27(33)31(26(24)32)21-8-6-7-20(15-21)30(4)5/h6-15,29H,1-5H3. The van der Waals surface area contributed by atoms with Gasteiger partial charge in [0, 0.05) is 30.5 Å². The Balaban J connectivity index is 1.87. The Labute approximate surface area is 199 Å². The lowest BCUT2D eigenvalue weighted by molar-refractivity contribution is -0.120. The molecule has 0 bridgehead atoms. The summed E-state index contributed by atoms with van der Waals surface area (Å²) >= 11 is 6.12. The molecule has 33 heavy (non-hydrogen) atoms. The van der Waals surface area contributed by atoms with E-state index in [2.05, 4.69) is 5.32 Å². The molecule has 168 valence electrons. The number of anilines is 3. The number of aryl methyl sites for hydroxylation is 3. The molecule has 0 saturated carbocycles. The second kappa shape index (κ2) is 8.75. The second-order valence-corrected chi connectivity index (χ2v) is 8.95. The molecule has 1 aliphatic heterocycles. The monoisotopic (exact) mass is 459 g/mol. The number of halogens is 1. The molecule has 0 radical (unpaired) electrons. The van der Waals surface area contributed by atoms with Crippen molar-refractivity contribution >= 4 is 46.1 Å². The highest BCUT2D eigenvalue weighted by Gasteiger charge is 2.41. The van der Waals surface area contributed by atoms with E-state index >= 15 is 0 Å².